The lowest BCUT2D eigenvalue weighted by atomic mass is 9.88. The standard InChI is InChI=1S/C36H20N2S/c1-37-24-13-15-36-34(18-24)33-17-22(12-14-35(33)39-36)29-19-31-28-11-5-3-9-26(28)30(23-7-6-16-38-21-23)20-32(31)27-10-4-2-8-25(27)29/h2-21H. The van der Waals surface area contributed by atoms with Crippen molar-refractivity contribution >= 4 is 69.5 Å². The minimum Gasteiger partial charge on any atom is -0.264 e. The van der Waals surface area contributed by atoms with Crippen LogP contribution in [-0.4, -0.2) is 4.98 Å². The molecule has 0 aliphatic carbocycles. The number of hydrogen-bond acceptors (Lipinski definition) is 2. The normalized spacial score (nSPS) is 11.6. The fourth-order valence-corrected chi connectivity index (χ4v) is 7.02. The Morgan fingerprint density at radius 3 is 1.77 bits per heavy atom. The predicted octanol–water partition coefficient (Wildman–Crippen LogP) is 10.8. The van der Waals surface area contributed by atoms with E-state index in [0.717, 1.165) is 10.9 Å². The molecule has 0 spiro atoms. The summed E-state index contributed by atoms with van der Waals surface area (Å²) in [6.45, 7) is 7.48. The summed E-state index contributed by atoms with van der Waals surface area (Å²) in [6.07, 6.45) is 3.77. The molecule has 0 aliphatic rings. The molecule has 0 N–H and O–H groups in total. The zero-order valence-electron chi connectivity index (χ0n) is 20.8. The van der Waals surface area contributed by atoms with Crippen molar-refractivity contribution in [3.8, 4) is 22.3 Å². The third-order valence-electron chi connectivity index (χ3n) is 7.75. The van der Waals surface area contributed by atoms with Gasteiger partial charge in [-0.1, -0.05) is 72.8 Å². The second kappa shape index (κ2) is 8.49. The molecular formula is C36H20N2S. The van der Waals surface area contributed by atoms with Gasteiger partial charge in [0.1, 0.15) is 0 Å². The molecular weight excluding hydrogens is 492 g/mol. The van der Waals surface area contributed by atoms with Crippen LogP contribution < -0.4 is 0 Å². The van der Waals surface area contributed by atoms with Gasteiger partial charge in [0.15, 0.2) is 5.69 Å². The summed E-state index contributed by atoms with van der Waals surface area (Å²) in [5.74, 6) is 0. The maximum Gasteiger partial charge on any atom is 0.187 e. The summed E-state index contributed by atoms with van der Waals surface area (Å²) < 4.78 is 2.46. The van der Waals surface area contributed by atoms with Gasteiger partial charge in [-0.05, 0) is 96.2 Å². The molecule has 0 atom stereocenters. The molecule has 0 aliphatic heterocycles. The molecule has 3 heteroatoms. The lowest BCUT2D eigenvalue weighted by Gasteiger charge is -2.16. The molecule has 0 radical (unpaired) electrons. The summed E-state index contributed by atoms with van der Waals surface area (Å²) >= 11 is 1.78. The maximum absolute atomic E-state index is 7.48. The van der Waals surface area contributed by atoms with Crippen molar-refractivity contribution in [1.29, 1.82) is 0 Å². The molecule has 0 unspecified atom stereocenters. The Balaban J connectivity index is 1.47. The van der Waals surface area contributed by atoms with Crippen LogP contribution in [0.25, 0.3) is 79.6 Å². The van der Waals surface area contributed by atoms with Crippen LogP contribution >= 0.6 is 11.3 Å². The van der Waals surface area contributed by atoms with Gasteiger partial charge in [-0.15, -0.1) is 11.3 Å². The van der Waals surface area contributed by atoms with Crippen molar-refractivity contribution in [3.05, 3.63) is 133 Å². The van der Waals surface area contributed by atoms with Crippen LogP contribution in [-0.2, 0) is 0 Å². The molecule has 0 bridgehead atoms. The van der Waals surface area contributed by atoms with Crippen LogP contribution in [0.1, 0.15) is 0 Å². The molecule has 8 aromatic rings. The molecule has 180 valence electrons. The van der Waals surface area contributed by atoms with Crippen molar-refractivity contribution in [3.63, 3.8) is 0 Å². The Morgan fingerprint density at radius 2 is 1.13 bits per heavy atom. The fourth-order valence-electron chi connectivity index (χ4n) is 5.95. The summed E-state index contributed by atoms with van der Waals surface area (Å²) in [6, 6.07) is 39.0. The molecule has 2 heterocycles. The van der Waals surface area contributed by atoms with E-state index in [0.29, 0.717) is 5.69 Å². The number of hydrogen-bond donors (Lipinski definition) is 0. The van der Waals surface area contributed by atoms with E-state index < -0.39 is 0 Å². The Labute approximate surface area is 229 Å². The van der Waals surface area contributed by atoms with E-state index in [9.17, 15) is 0 Å². The first-order valence-corrected chi connectivity index (χ1v) is 13.7. The van der Waals surface area contributed by atoms with Gasteiger partial charge in [-0.3, -0.25) is 4.98 Å². The molecule has 39 heavy (non-hydrogen) atoms. The highest BCUT2D eigenvalue weighted by atomic mass is 32.1. The van der Waals surface area contributed by atoms with Crippen LogP contribution in [0.3, 0.4) is 0 Å². The summed E-state index contributed by atoms with van der Waals surface area (Å²) in [4.78, 5) is 8.07. The third kappa shape index (κ3) is 3.36. The molecule has 0 saturated heterocycles. The average molecular weight is 513 g/mol. The van der Waals surface area contributed by atoms with Crippen molar-refractivity contribution < 1.29 is 0 Å². The van der Waals surface area contributed by atoms with Crippen molar-refractivity contribution in [1.82, 2.24) is 4.98 Å². The second-order valence-electron chi connectivity index (χ2n) is 9.88. The van der Waals surface area contributed by atoms with Crippen LogP contribution in [0.15, 0.2) is 122 Å². The molecule has 8 rings (SSSR count). The molecule has 0 fully saturated rings. The molecule has 0 saturated carbocycles. The third-order valence-corrected chi connectivity index (χ3v) is 8.90. The SMILES string of the molecule is [C-]#[N+]c1ccc2sc3ccc(-c4cc5c6ccccc6c(-c6cccnc6)cc5c5ccccc45)cc3c2c1. The van der Waals surface area contributed by atoms with Crippen LogP contribution in [0.4, 0.5) is 5.69 Å². The van der Waals surface area contributed by atoms with E-state index in [1.807, 2.05) is 30.6 Å². The van der Waals surface area contributed by atoms with E-state index in [4.69, 9.17) is 6.57 Å². The van der Waals surface area contributed by atoms with Crippen molar-refractivity contribution in [2.24, 2.45) is 0 Å². The lowest BCUT2D eigenvalue weighted by Crippen LogP contribution is -1.89. The van der Waals surface area contributed by atoms with Crippen LogP contribution in [0.5, 0.6) is 0 Å². The van der Waals surface area contributed by atoms with Crippen molar-refractivity contribution in [2.45, 2.75) is 0 Å². The maximum atomic E-state index is 7.48. The van der Waals surface area contributed by atoms with Crippen molar-refractivity contribution in [2.75, 3.05) is 0 Å². The average Bonchev–Trinajstić information content (AvgIpc) is 3.37. The summed E-state index contributed by atoms with van der Waals surface area (Å²) in [5.41, 5.74) is 5.41. The van der Waals surface area contributed by atoms with Gasteiger partial charge >= 0.3 is 0 Å². The number of aromatic nitrogens is 1. The first-order chi connectivity index (χ1) is 19.3. The first-order valence-electron chi connectivity index (χ1n) is 12.9. The van der Waals surface area contributed by atoms with E-state index in [-0.39, 0.29) is 0 Å². The van der Waals surface area contributed by atoms with Gasteiger partial charge in [0.2, 0.25) is 0 Å². The fraction of sp³-hybridized carbons (Fsp3) is 0. The number of rotatable bonds is 2. The van der Waals surface area contributed by atoms with Gasteiger partial charge in [-0.25, -0.2) is 4.85 Å². The number of nitrogens with zero attached hydrogens (tertiary/aromatic N) is 2. The van der Waals surface area contributed by atoms with Gasteiger partial charge in [0, 0.05) is 27.4 Å². The lowest BCUT2D eigenvalue weighted by molar-refractivity contribution is 1.33. The highest BCUT2D eigenvalue weighted by Crippen LogP contribution is 2.43. The van der Waals surface area contributed by atoms with Crippen LogP contribution in [0.2, 0.25) is 0 Å². The minimum atomic E-state index is 0.680. The van der Waals surface area contributed by atoms with E-state index in [2.05, 4.69) is 101 Å². The van der Waals surface area contributed by atoms with E-state index in [1.54, 1.807) is 11.3 Å². The zero-order chi connectivity index (χ0) is 25.9. The topological polar surface area (TPSA) is 17.2 Å². The van der Waals surface area contributed by atoms with Crippen LogP contribution in [0, 0.1) is 6.57 Å². The number of benzene rings is 6. The van der Waals surface area contributed by atoms with E-state index >= 15 is 0 Å². The highest BCUT2D eigenvalue weighted by Gasteiger charge is 2.15. The van der Waals surface area contributed by atoms with Gasteiger partial charge in [0.05, 0.1) is 6.57 Å². The molecule has 0 amide bonds. The molecule has 2 aromatic heterocycles. The molecule has 2 nitrogen and oxygen atoms in total. The highest BCUT2D eigenvalue weighted by molar-refractivity contribution is 7.25. The first kappa shape index (κ1) is 22.0. The summed E-state index contributed by atoms with van der Waals surface area (Å²) in [7, 11) is 0. The zero-order valence-corrected chi connectivity index (χ0v) is 21.7. The number of thiophene rings is 1. The predicted molar refractivity (Wildman–Crippen MR) is 167 cm³/mol. The van der Waals surface area contributed by atoms with Gasteiger partial charge < -0.3 is 0 Å². The number of pyridine rings is 1. The Kier molecular flexibility index (Phi) is 4.79. The largest absolute Gasteiger partial charge is 0.264 e. The van der Waals surface area contributed by atoms with Gasteiger partial charge in [0.25, 0.3) is 0 Å². The quantitative estimate of drug-likeness (QED) is 0.166. The Morgan fingerprint density at radius 1 is 0.513 bits per heavy atom. The smallest absolute Gasteiger partial charge is 0.187 e. The summed E-state index contributed by atoms with van der Waals surface area (Å²) in [5, 5.41) is 9.80. The monoisotopic (exact) mass is 512 g/mol. The Hall–Kier alpha value is -5.04. The second-order valence-corrected chi connectivity index (χ2v) is 11.0. The van der Waals surface area contributed by atoms with Gasteiger partial charge in [-0.2, -0.15) is 0 Å². The minimum absolute atomic E-state index is 0.680. The molecule has 6 aromatic carbocycles. The Bertz CT molecular complexity index is 2290. The number of fused-ring (bicyclic) bond motifs is 8. The van der Waals surface area contributed by atoms with E-state index in [1.165, 1.54) is 63.8 Å².